The Morgan fingerprint density at radius 3 is 2.58 bits per heavy atom. The number of carbonyl (C=O) groups excluding carboxylic acids is 1. The Balaban J connectivity index is 2.40. The Morgan fingerprint density at radius 2 is 1.96 bits per heavy atom. The fourth-order valence-electron chi connectivity index (χ4n) is 2.33. The van der Waals surface area contributed by atoms with Crippen LogP contribution in [0.3, 0.4) is 0 Å². The summed E-state index contributed by atoms with van der Waals surface area (Å²) in [6.07, 6.45) is 2.73. The third-order valence-corrected chi connectivity index (χ3v) is 4.61. The van der Waals surface area contributed by atoms with Gasteiger partial charge in [0.05, 0.1) is 0 Å². The van der Waals surface area contributed by atoms with Gasteiger partial charge in [0.1, 0.15) is 0 Å². The van der Waals surface area contributed by atoms with Crippen LogP contribution in [0.25, 0.3) is 0 Å². The first-order chi connectivity index (χ1) is 11.5. The number of amides is 1. The molecule has 0 saturated heterocycles. The molecule has 0 saturated carbocycles. The van der Waals surface area contributed by atoms with Crippen LogP contribution < -0.4 is 5.32 Å². The van der Waals surface area contributed by atoms with Crippen molar-refractivity contribution in [1.29, 1.82) is 0 Å². The van der Waals surface area contributed by atoms with Gasteiger partial charge in [-0.1, -0.05) is 47.5 Å². The van der Waals surface area contributed by atoms with Crippen LogP contribution in [0.1, 0.15) is 31.7 Å². The number of hydrogen-bond acceptors (Lipinski definition) is 2. The molecule has 0 bridgehead atoms. The fourth-order valence-corrected chi connectivity index (χ4v) is 2.74. The molecule has 1 amide bonds. The summed E-state index contributed by atoms with van der Waals surface area (Å²) in [5.41, 5.74) is 1.11. The second kappa shape index (κ2) is 11.1. The molecule has 0 heterocycles. The highest BCUT2D eigenvalue weighted by Crippen LogP contribution is 2.17. The first-order valence-electron chi connectivity index (χ1n) is 8.38. The van der Waals surface area contributed by atoms with Crippen molar-refractivity contribution in [3.63, 3.8) is 0 Å². The third kappa shape index (κ3) is 6.91. The van der Waals surface area contributed by atoms with E-state index in [1.54, 1.807) is 11.9 Å². The van der Waals surface area contributed by atoms with Gasteiger partial charge in [0, 0.05) is 51.7 Å². The molecule has 6 heteroatoms. The summed E-state index contributed by atoms with van der Waals surface area (Å²) < 4.78 is 1.03. The molecule has 0 unspecified atom stereocenters. The number of aliphatic imine (C=N–C) groups is 1. The van der Waals surface area contributed by atoms with E-state index in [4.69, 9.17) is 0 Å². The van der Waals surface area contributed by atoms with Crippen molar-refractivity contribution >= 4 is 27.8 Å². The van der Waals surface area contributed by atoms with Crippen molar-refractivity contribution in [3.8, 4) is 0 Å². The predicted molar refractivity (Wildman–Crippen MR) is 104 cm³/mol. The molecule has 0 spiro atoms. The SMILES string of the molecule is CCCCN(C)C(=NC)NCCC(=O)N(C)Cc1ccccc1Br. The second-order valence-corrected chi connectivity index (χ2v) is 6.69. The molecule has 1 rings (SSSR count). The van der Waals surface area contributed by atoms with Gasteiger partial charge in [0.15, 0.2) is 5.96 Å². The van der Waals surface area contributed by atoms with Gasteiger partial charge in [-0.3, -0.25) is 9.79 Å². The topological polar surface area (TPSA) is 47.9 Å². The number of unbranched alkanes of at least 4 members (excludes halogenated alkanes) is 1. The Hall–Kier alpha value is -1.56. The van der Waals surface area contributed by atoms with E-state index in [0.29, 0.717) is 19.5 Å². The van der Waals surface area contributed by atoms with Crippen LogP contribution >= 0.6 is 15.9 Å². The van der Waals surface area contributed by atoms with Crippen LogP contribution in [0.15, 0.2) is 33.7 Å². The van der Waals surface area contributed by atoms with E-state index in [9.17, 15) is 4.79 Å². The van der Waals surface area contributed by atoms with Gasteiger partial charge in [0.2, 0.25) is 5.91 Å². The molecule has 5 nitrogen and oxygen atoms in total. The van der Waals surface area contributed by atoms with Crippen LogP contribution in [0.5, 0.6) is 0 Å². The summed E-state index contributed by atoms with van der Waals surface area (Å²) in [5.74, 6) is 0.953. The van der Waals surface area contributed by atoms with Crippen molar-refractivity contribution in [3.05, 3.63) is 34.3 Å². The second-order valence-electron chi connectivity index (χ2n) is 5.84. The lowest BCUT2D eigenvalue weighted by atomic mass is 10.2. The lowest BCUT2D eigenvalue weighted by molar-refractivity contribution is -0.130. The third-order valence-electron chi connectivity index (χ3n) is 3.83. The van der Waals surface area contributed by atoms with Gasteiger partial charge < -0.3 is 15.1 Å². The number of benzene rings is 1. The van der Waals surface area contributed by atoms with E-state index in [0.717, 1.165) is 35.4 Å². The van der Waals surface area contributed by atoms with E-state index in [1.807, 2.05) is 38.4 Å². The standard InChI is InChI=1S/C18H29BrN4O/c1-5-6-13-22(3)18(20-2)21-12-11-17(24)23(4)14-15-9-7-8-10-16(15)19/h7-10H,5-6,11-14H2,1-4H3,(H,20,21). The van der Waals surface area contributed by atoms with Crippen LogP contribution in [0.4, 0.5) is 0 Å². The quantitative estimate of drug-likeness (QED) is 0.542. The molecule has 0 aliphatic carbocycles. The summed E-state index contributed by atoms with van der Waals surface area (Å²) in [6, 6.07) is 7.97. The number of nitrogens with one attached hydrogen (secondary N) is 1. The van der Waals surface area contributed by atoms with Gasteiger partial charge in [-0.25, -0.2) is 0 Å². The number of guanidine groups is 1. The molecule has 0 aromatic heterocycles. The van der Waals surface area contributed by atoms with Gasteiger partial charge >= 0.3 is 0 Å². The van der Waals surface area contributed by atoms with Crippen LogP contribution in [0.2, 0.25) is 0 Å². The van der Waals surface area contributed by atoms with Gasteiger partial charge in [-0.15, -0.1) is 0 Å². The maximum absolute atomic E-state index is 12.3. The molecule has 0 fully saturated rings. The van der Waals surface area contributed by atoms with Crippen molar-refractivity contribution in [2.45, 2.75) is 32.7 Å². The van der Waals surface area contributed by atoms with Crippen molar-refractivity contribution in [2.75, 3.05) is 34.2 Å². The average Bonchev–Trinajstić information content (AvgIpc) is 2.58. The number of rotatable bonds is 8. The maximum atomic E-state index is 12.3. The summed E-state index contributed by atoms with van der Waals surface area (Å²) in [6.45, 7) is 4.32. The van der Waals surface area contributed by atoms with E-state index in [1.165, 1.54) is 0 Å². The average molecular weight is 397 g/mol. The normalized spacial score (nSPS) is 11.3. The Morgan fingerprint density at radius 1 is 1.25 bits per heavy atom. The van der Waals surface area contributed by atoms with Gasteiger partial charge in [-0.2, -0.15) is 0 Å². The number of nitrogens with zero attached hydrogens (tertiary/aromatic N) is 3. The van der Waals surface area contributed by atoms with E-state index >= 15 is 0 Å². The highest BCUT2D eigenvalue weighted by Gasteiger charge is 2.11. The Bertz CT molecular complexity index is 548. The molecule has 1 aromatic carbocycles. The summed E-state index contributed by atoms with van der Waals surface area (Å²) in [5, 5.41) is 3.26. The number of carbonyl (C=O) groups is 1. The first kappa shape index (κ1) is 20.5. The molecule has 134 valence electrons. The molecule has 0 aliphatic heterocycles. The minimum atomic E-state index is 0.116. The first-order valence-corrected chi connectivity index (χ1v) is 9.18. The molecule has 1 aromatic rings. The van der Waals surface area contributed by atoms with E-state index < -0.39 is 0 Å². The lowest BCUT2D eigenvalue weighted by Crippen LogP contribution is -2.41. The minimum absolute atomic E-state index is 0.116. The van der Waals surface area contributed by atoms with Gasteiger partial charge in [0.25, 0.3) is 0 Å². The van der Waals surface area contributed by atoms with Gasteiger partial charge in [-0.05, 0) is 18.1 Å². The highest BCUT2D eigenvalue weighted by molar-refractivity contribution is 9.10. The summed E-state index contributed by atoms with van der Waals surface area (Å²) in [7, 11) is 5.63. The minimum Gasteiger partial charge on any atom is -0.356 e. The largest absolute Gasteiger partial charge is 0.356 e. The molecule has 0 aliphatic rings. The summed E-state index contributed by atoms with van der Waals surface area (Å²) in [4.78, 5) is 20.4. The molecule has 0 radical (unpaired) electrons. The molecule has 24 heavy (non-hydrogen) atoms. The van der Waals surface area contributed by atoms with Crippen LogP contribution in [0, 0.1) is 0 Å². The van der Waals surface area contributed by atoms with E-state index in [-0.39, 0.29) is 5.91 Å². The van der Waals surface area contributed by atoms with Crippen molar-refractivity contribution in [1.82, 2.24) is 15.1 Å². The highest BCUT2D eigenvalue weighted by atomic mass is 79.9. The van der Waals surface area contributed by atoms with Crippen LogP contribution in [-0.4, -0.2) is 55.9 Å². The molecular formula is C18H29BrN4O. The number of halogens is 1. The maximum Gasteiger partial charge on any atom is 0.224 e. The van der Waals surface area contributed by atoms with Crippen LogP contribution in [-0.2, 0) is 11.3 Å². The Kier molecular flexibility index (Phi) is 9.45. The zero-order valence-corrected chi connectivity index (χ0v) is 16.8. The number of hydrogen-bond donors (Lipinski definition) is 1. The monoisotopic (exact) mass is 396 g/mol. The zero-order valence-electron chi connectivity index (χ0n) is 15.2. The van der Waals surface area contributed by atoms with E-state index in [2.05, 4.69) is 38.1 Å². The molecule has 0 atom stereocenters. The van der Waals surface area contributed by atoms with Crippen molar-refractivity contribution in [2.24, 2.45) is 4.99 Å². The summed E-state index contributed by atoms with van der Waals surface area (Å²) >= 11 is 3.52. The predicted octanol–water partition coefficient (Wildman–Crippen LogP) is 3.10. The van der Waals surface area contributed by atoms with Crippen molar-refractivity contribution < 1.29 is 4.79 Å². The zero-order chi connectivity index (χ0) is 17.9. The molecular weight excluding hydrogens is 368 g/mol. The fraction of sp³-hybridized carbons (Fsp3) is 0.556. The smallest absolute Gasteiger partial charge is 0.224 e. The Labute approximate surface area is 154 Å². The molecule has 1 N–H and O–H groups in total. The lowest BCUT2D eigenvalue weighted by Gasteiger charge is -2.22.